The van der Waals surface area contributed by atoms with E-state index in [4.69, 9.17) is 4.74 Å². The number of ketones is 2. The van der Waals surface area contributed by atoms with Gasteiger partial charge >= 0.3 is 0 Å². The summed E-state index contributed by atoms with van der Waals surface area (Å²) >= 11 is 0. The third-order valence-corrected chi connectivity index (χ3v) is 4.88. The predicted molar refractivity (Wildman–Crippen MR) is 88.8 cm³/mol. The van der Waals surface area contributed by atoms with Gasteiger partial charge in [-0.15, -0.1) is 0 Å². The van der Waals surface area contributed by atoms with Crippen molar-refractivity contribution in [2.45, 2.75) is 58.3 Å². The van der Waals surface area contributed by atoms with E-state index in [2.05, 4.69) is 18.7 Å². The Labute approximate surface area is 137 Å². The normalized spacial score (nSPS) is 25.5. The monoisotopic (exact) mass is 315 g/mol. The van der Waals surface area contributed by atoms with Crippen molar-refractivity contribution in [2.24, 2.45) is 0 Å². The molecule has 1 aliphatic carbocycles. The van der Waals surface area contributed by atoms with Crippen molar-refractivity contribution in [3.05, 3.63) is 34.9 Å². The molecule has 3 rings (SSSR count). The Morgan fingerprint density at radius 3 is 2.35 bits per heavy atom. The molecule has 124 valence electrons. The smallest absolute Gasteiger partial charge is 0.221 e. The molecule has 0 amide bonds. The van der Waals surface area contributed by atoms with Crippen molar-refractivity contribution in [1.29, 1.82) is 0 Å². The quantitative estimate of drug-likeness (QED) is 0.724. The van der Waals surface area contributed by atoms with Crippen LogP contribution in [0.25, 0.3) is 0 Å². The second-order valence-electron chi connectivity index (χ2n) is 6.63. The van der Waals surface area contributed by atoms with Gasteiger partial charge < -0.3 is 4.74 Å². The lowest BCUT2D eigenvalue weighted by atomic mass is 9.84. The minimum Gasteiger partial charge on any atom is -0.333 e. The molecule has 4 heteroatoms. The zero-order valence-electron chi connectivity index (χ0n) is 14.2. The molecule has 2 unspecified atom stereocenters. The minimum absolute atomic E-state index is 0.0377. The topological polar surface area (TPSA) is 49.9 Å². The summed E-state index contributed by atoms with van der Waals surface area (Å²) in [4.78, 5) is 27.9. The molecule has 0 radical (unpaired) electrons. The zero-order valence-corrected chi connectivity index (χ0v) is 14.2. The van der Waals surface area contributed by atoms with Gasteiger partial charge in [0.15, 0.2) is 11.9 Å². The number of aryl methyl sites for hydroxylation is 1. The first kappa shape index (κ1) is 16.3. The third kappa shape index (κ3) is 2.54. The maximum Gasteiger partial charge on any atom is 0.221 e. The fourth-order valence-electron chi connectivity index (χ4n) is 3.47. The number of Topliss-reactive ketones (excluding diaryl/α,β-unsaturated/α-hetero) is 2. The first-order valence-corrected chi connectivity index (χ1v) is 8.68. The average Bonchev–Trinajstić information content (AvgIpc) is 3.30. The van der Waals surface area contributed by atoms with E-state index in [1.165, 1.54) is 0 Å². The van der Waals surface area contributed by atoms with E-state index < -0.39 is 11.8 Å². The summed E-state index contributed by atoms with van der Waals surface area (Å²) in [5.74, 6) is -0.0781. The molecule has 0 aromatic heterocycles. The molecule has 1 saturated heterocycles. The molecule has 1 aromatic carbocycles. The molecule has 1 fully saturated rings. The number of unbranched alkanes of at least 4 members (excludes halogenated alkanes) is 2. The lowest BCUT2D eigenvalue weighted by molar-refractivity contribution is 0.0489. The second-order valence-corrected chi connectivity index (χ2v) is 6.63. The number of carbonyl (C=O) groups excluding carboxylic acids is 2. The molecule has 1 aromatic rings. The number of hydrogen-bond acceptors (Lipinski definition) is 4. The van der Waals surface area contributed by atoms with Crippen molar-refractivity contribution in [2.75, 3.05) is 13.1 Å². The van der Waals surface area contributed by atoms with Gasteiger partial charge in [0, 0.05) is 24.2 Å². The molecule has 0 bridgehead atoms. The van der Waals surface area contributed by atoms with Gasteiger partial charge in [-0.1, -0.05) is 44.4 Å². The van der Waals surface area contributed by atoms with Crippen LogP contribution in [0.2, 0.25) is 0 Å². The first-order chi connectivity index (χ1) is 11.1. The van der Waals surface area contributed by atoms with E-state index in [9.17, 15) is 9.59 Å². The van der Waals surface area contributed by atoms with Crippen molar-refractivity contribution in [3.63, 3.8) is 0 Å². The third-order valence-electron chi connectivity index (χ3n) is 4.88. The number of benzene rings is 1. The highest BCUT2D eigenvalue weighted by Gasteiger charge is 2.71. The van der Waals surface area contributed by atoms with Gasteiger partial charge in [-0.2, -0.15) is 0 Å². The molecular formula is C19H25NO3. The molecule has 23 heavy (non-hydrogen) atoms. The van der Waals surface area contributed by atoms with Crippen molar-refractivity contribution in [1.82, 2.24) is 4.90 Å². The van der Waals surface area contributed by atoms with Crippen LogP contribution in [-0.2, 0) is 4.74 Å². The van der Waals surface area contributed by atoms with Crippen LogP contribution in [-0.4, -0.2) is 41.4 Å². The Morgan fingerprint density at radius 1 is 1.09 bits per heavy atom. The molecule has 2 aliphatic rings. The van der Waals surface area contributed by atoms with E-state index in [-0.39, 0.29) is 11.6 Å². The molecular weight excluding hydrogens is 290 g/mol. The van der Waals surface area contributed by atoms with Crippen LogP contribution in [0.5, 0.6) is 0 Å². The van der Waals surface area contributed by atoms with Crippen molar-refractivity contribution in [3.8, 4) is 0 Å². The van der Waals surface area contributed by atoms with E-state index in [1.54, 1.807) is 6.07 Å². The van der Waals surface area contributed by atoms with Gasteiger partial charge in [0.1, 0.15) is 0 Å². The first-order valence-electron chi connectivity index (χ1n) is 8.68. The zero-order chi connectivity index (χ0) is 16.6. The van der Waals surface area contributed by atoms with E-state index in [0.29, 0.717) is 11.1 Å². The van der Waals surface area contributed by atoms with Gasteiger partial charge in [-0.05, 0) is 25.8 Å². The van der Waals surface area contributed by atoms with Crippen LogP contribution >= 0.6 is 0 Å². The van der Waals surface area contributed by atoms with Crippen LogP contribution in [0, 0.1) is 6.92 Å². The Kier molecular flexibility index (Phi) is 4.39. The van der Waals surface area contributed by atoms with Gasteiger partial charge in [-0.25, -0.2) is 0 Å². The number of nitrogens with zero attached hydrogens (tertiary/aromatic N) is 1. The Balaban J connectivity index is 1.95. The highest BCUT2D eigenvalue weighted by atomic mass is 16.6. The fourth-order valence-corrected chi connectivity index (χ4v) is 3.47. The lowest BCUT2D eigenvalue weighted by Crippen LogP contribution is -2.51. The minimum atomic E-state index is -1.02. The van der Waals surface area contributed by atoms with Gasteiger partial charge in [-0.3, -0.25) is 14.5 Å². The van der Waals surface area contributed by atoms with Crippen LogP contribution < -0.4 is 0 Å². The molecule has 1 aliphatic heterocycles. The number of hydrogen-bond donors (Lipinski definition) is 0. The Hall–Kier alpha value is -1.52. The Bertz CT molecular complexity index is 632. The summed E-state index contributed by atoms with van der Waals surface area (Å²) in [6.07, 6.45) is 3.51. The number of ether oxygens (including phenoxy) is 1. The van der Waals surface area contributed by atoms with Crippen LogP contribution in [0.3, 0.4) is 0 Å². The summed E-state index contributed by atoms with van der Waals surface area (Å²) in [5, 5.41) is 0. The standard InChI is InChI=1S/C19H25NO3/c1-4-6-10-20(11-7-5-2)19-17(22)14-9-8-13(3)12-15(14)16(21)18(19)23-19/h8-9,12,18H,4-7,10-11H2,1-3H3. The lowest BCUT2D eigenvalue weighted by Gasteiger charge is -2.30. The molecule has 4 nitrogen and oxygen atoms in total. The molecule has 0 spiro atoms. The van der Waals surface area contributed by atoms with Crippen LogP contribution in [0.15, 0.2) is 18.2 Å². The van der Waals surface area contributed by atoms with Crippen molar-refractivity contribution >= 4 is 11.6 Å². The number of rotatable bonds is 7. The second kappa shape index (κ2) is 6.17. The fraction of sp³-hybridized carbons (Fsp3) is 0.579. The molecule has 0 saturated carbocycles. The highest BCUT2D eigenvalue weighted by molar-refractivity contribution is 6.22. The van der Waals surface area contributed by atoms with Gasteiger partial charge in [0.25, 0.3) is 0 Å². The summed E-state index contributed by atoms with van der Waals surface area (Å²) in [6, 6.07) is 5.48. The number of fused-ring (bicyclic) bond motifs is 2. The number of carbonyl (C=O) groups is 2. The average molecular weight is 315 g/mol. The SMILES string of the molecule is CCCCN(CCCC)C12OC1C(=O)c1cc(C)ccc1C2=O. The van der Waals surface area contributed by atoms with E-state index in [1.807, 2.05) is 19.1 Å². The summed E-state index contributed by atoms with van der Waals surface area (Å²) in [7, 11) is 0. The van der Waals surface area contributed by atoms with Gasteiger partial charge in [0.2, 0.25) is 11.5 Å². The predicted octanol–water partition coefficient (Wildman–Crippen LogP) is 3.37. The Morgan fingerprint density at radius 2 is 1.74 bits per heavy atom. The van der Waals surface area contributed by atoms with Crippen LogP contribution in [0.4, 0.5) is 0 Å². The maximum absolute atomic E-state index is 13.1. The maximum atomic E-state index is 13.1. The van der Waals surface area contributed by atoms with E-state index >= 15 is 0 Å². The summed E-state index contributed by atoms with van der Waals surface area (Å²) in [6.45, 7) is 7.79. The van der Waals surface area contributed by atoms with Crippen molar-refractivity contribution < 1.29 is 14.3 Å². The molecule has 1 heterocycles. The number of epoxide rings is 1. The summed E-state index contributed by atoms with van der Waals surface area (Å²) in [5.41, 5.74) is 1.02. The molecule has 0 N–H and O–H groups in total. The van der Waals surface area contributed by atoms with E-state index in [0.717, 1.165) is 44.3 Å². The highest BCUT2D eigenvalue weighted by Crippen LogP contribution is 2.48. The molecule has 2 atom stereocenters. The van der Waals surface area contributed by atoms with Crippen LogP contribution in [0.1, 0.15) is 65.8 Å². The largest absolute Gasteiger partial charge is 0.333 e. The summed E-state index contributed by atoms with van der Waals surface area (Å²) < 4.78 is 5.80. The van der Waals surface area contributed by atoms with Gasteiger partial charge in [0.05, 0.1) is 0 Å².